The number of carbonyl (C=O) groups excluding carboxylic acids is 1. The van der Waals surface area contributed by atoms with Crippen molar-refractivity contribution in [1.29, 1.82) is 0 Å². The van der Waals surface area contributed by atoms with Crippen molar-refractivity contribution in [3.05, 3.63) is 35.4 Å². The minimum atomic E-state index is -0.632. The molecule has 106 valence electrons. The molecule has 0 aliphatic rings. The number of aliphatic hydroxyl groups excluding tert-OH is 1. The molecule has 19 heavy (non-hydrogen) atoms. The lowest BCUT2D eigenvalue weighted by Gasteiger charge is -2.18. The Labute approximate surface area is 115 Å². The van der Waals surface area contributed by atoms with Crippen molar-refractivity contribution in [2.24, 2.45) is 11.8 Å². The van der Waals surface area contributed by atoms with E-state index < -0.39 is 6.10 Å². The van der Waals surface area contributed by atoms with E-state index in [9.17, 15) is 9.90 Å². The van der Waals surface area contributed by atoms with Crippen LogP contribution in [0.4, 0.5) is 0 Å². The summed E-state index contributed by atoms with van der Waals surface area (Å²) in [4.78, 5) is 11.2. The molecule has 1 N–H and O–H groups in total. The minimum Gasteiger partial charge on any atom is -0.469 e. The highest BCUT2D eigenvalue weighted by Gasteiger charge is 2.19. The van der Waals surface area contributed by atoms with Crippen LogP contribution < -0.4 is 0 Å². The van der Waals surface area contributed by atoms with Crippen molar-refractivity contribution in [3.8, 4) is 0 Å². The first-order chi connectivity index (χ1) is 8.93. The number of benzene rings is 1. The molecule has 0 spiro atoms. The first-order valence-electron chi connectivity index (χ1n) is 6.77. The molecular formula is C16H24O3. The van der Waals surface area contributed by atoms with Gasteiger partial charge in [0.25, 0.3) is 0 Å². The van der Waals surface area contributed by atoms with Crippen molar-refractivity contribution in [3.63, 3.8) is 0 Å². The molecule has 0 heterocycles. The van der Waals surface area contributed by atoms with Gasteiger partial charge in [0.05, 0.1) is 19.6 Å². The summed E-state index contributed by atoms with van der Waals surface area (Å²) in [6, 6.07) is 7.97. The van der Waals surface area contributed by atoms with Crippen LogP contribution in [0.1, 0.15) is 44.4 Å². The van der Waals surface area contributed by atoms with Gasteiger partial charge in [0.2, 0.25) is 0 Å². The predicted molar refractivity (Wildman–Crippen MR) is 75.7 cm³/mol. The van der Waals surface area contributed by atoms with Gasteiger partial charge in [-0.3, -0.25) is 4.79 Å². The molecule has 0 bridgehead atoms. The van der Waals surface area contributed by atoms with Crippen LogP contribution >= 0.6 is 0 Å². The Hall–Kier alpha value is -1.35. The van der Waals surface area contributed by atoms with Gasteiger partial charge >= 0.3 is 5.97 Å². The van der Waals surface area contributed by atoms with Gasteiger partial charge in [-0.25, -0.2) is 0 Å². The fourth-order valence-electron chi connectivity index (χ4n) is 2.11. The third kappa shape index (κ3) is 5.03. The van der Waals surface area contributed by atoms with Gasteiger partial charge in [-0.15, -0.1) is 0 Å². The van der Waals surface area contributed by atoms with Crippen LogP contribution in [-0.2, 0) is 16.0 Å². The summed E-state index contributed by atoms with van der Waals surface area (Å²) in [5.74, 6) is 0.181. The number of esters is 1. The average Bonchev–Trinajstić information content (AvgIpc) is 2.37. The maximum absolute atomic E-state index is 11.2. The van der Waals surface area contributed by atoms with E-state index >= 15 is 0 Å². The summed E-state index contributed by atoms with van der Waals surface area (Å²) < 4.78 is 4.62. The largest absolute Gasteiger partial charge is 0.469 e. The molecule has 1 rings (SSSR count). The fraction of sp³-hybridized carbons (Fsp3) is 0.562. The number of ether oxygens (including phenoxy) is 1. The van der Waals surface area contributed by atoms with E-state index in [4.69, 9.17) is 0 Å². The van der Waals surface area contributed by atoms with Gasteiger partial charge in [0.15, 0.2) is 0 Å². The van der Waals surface area contributed by atoms with Crippen molar-refractivity contribution >= 4 is 5.97 Å². The lowest BCUT2D eigenvalue weighted by atomic mass is 9.93. The molecule has 1 aromatic carbocycles. The molecule has 3 heteroatoms. The van der Waals surface area contributed by atoms with Crippen LogP contribution in [0.25, 0.3) is 0 Å². The van der Waals surface area contributed by atoms with Gasteiger partial charge in [-0.1, -0.05) is 45.0 Å². The van der Waals surface area contributed by atoms with Crippen molar-refractivity contribution in [2.45, 2.75) is 39.7 Å². The molecule has 0 fully saturated rings. The Morgan fingerprint density at radius 2 is 1.79 bits per heavy atom. The molecular weight excluding hydrogens is 240 g/mol. The summed E-state index contributed by atoms with van der Waals surface area (Å²) in [6.45, 7) is 6.21. The quantitative estimate of drug-likeness (QED) is 0.803. The number of aliphatic hydroxyl groups is 1. The fourth-order valence-corrected chi connectivity index (χ4v) is 2.11. The monoisotopic (exact) mass is 264 g/mol. The second kappa shape index (κ2) is 7.29. The average molecular weight is 264 g/mol. The number of methoxy groups -OCH3 is 1. The topological polar surface area (TPSA) is 46.5 Å². The highest BCUT2D eigenvalue weighted by molar-refractivity contribution is 5.69. The van der Waals surface area contributed by atoms with Crippen molar-refractivity contribution in [1.82, 2.24) is 0 Å². The van der Waals surface area contributed by atoms with Gasteiger partial charge in [-0.05, 0) is 29.4 Å². The predicted octanol–water partition coefficient (Wildman–Crippen LogP) is 3.12. The summed E-state index contributed by atoms with van der Waals surface area (Å²) in [5.41, 5.74) is 2.12. The Morgan fingerprint density at radius 1 is 1.21 bits per heavy atom. The molecule has 0 radical (unpaired) electrons. The molecule has 1 aromatic rings. The van der Waals surface area contributed by atoms with Crippen molar-refractivity contribution in [2.75, 3.05) is 7.11 Å². The Balaban J connectivity index is 2.66. The zero-order valence-electron chi connectivity index (χ0n) is 12.2. The van der Waals surface area contributed by atoms with E-state index in [2.05, 4.69) is 18.6 Å². The van der Waals surface area contributed by atoms with Gasteiger partial charge in [0, 0.05) is 0 Å². The highest BCUT2D eigenvalue weighted by Crippen LogP contribution is 2.25. The summed E-state index contributed by atoms with van der Waals surface area (Å²) in [5, 5.41) is 10.2. The summed E-state index contributed by atoms with van der Waals surface area (Å²) >= 11 is 0. The molecule has 2 unspecified atom stereocenters. The van der Waals surface area contributed by atoms with Crippen LogP contribution in [0.15, 0.2) is 24.3 Å². The molecule has 3 nitrogen and oxygen atoms in total. The number of carbonyl (C=O) groups is 1. The summed E-state index contributed by atoms with van der Waals surface area (Å²) in [6.07, 6.45) is 0.631. The highest BCUT2D eigenvalue weighted by atomic mass is 16.5. The molecule has 0 aliphatic carbocycles. The van der Waals surface area contributed by atoms with Crippen molar-refractivity contribution < 1.29 is 14.6 Å². The van der Waals surface area contributed by atoms with Crippen LogP contribution in [0.2, 0.25) is 0 Å². The first-order valence-corrected chi connectivity index (χ1v) is 6.77. The van der Waals surface area contributed by atoms with E-state index in [1.54, 1.807) is 0 Å². The Bertz CT molecular complexity index is 395. The van der Waals surface area contributed by atoms with Crippen LogP contribution in [0, 0.1) is 11.8 Å². The zero-order chi connectivity index (χ0) is 14.4. The molecule has 0 aliphatic heterocycles. The van der Waals surface area contributed by atoms with Crippen LogP contribution in [0.5, 0.6) is 0 Å². The van der Waals surface area contributed by atoms with Crippen LogP contribution in [-0.4, -0.2) is 18.2 Å². The van der Waals surface area contributed by atoms with Gasteiger partial charge in [-0.2, -0.15) is 0 Å². The lowest BCUT2D eigenvalue weighted by Crippen LogP contribution is -2.15. The number of hydrogen-bond acceptors (Lipinski definition) is 3. The molecule has 0 saturated heterocycles. The maximum atomic E-state index is 11.2. The Kier molecular flexibility index (Phi) is 6.03. The first kappa shape index (κ1) is 15.7. The normalized spacial score (nSPS) is 14.2. The van der Waals surface area contributed by atoms with Crippen LogP contribution in [0.3, 0.4) is 0 Å². The van der Waals surface area contributed by atoms with Gasteiger partial charge in [0.1, 0.15) is 0 Å². The Morgan fingerprint density at radius 3 is 2.26 bits per heavy atom. The molecule has 0 aromatic heterocycles. The third-order valence-electron chi connectivity index (χ3n) is 3.22. The second-order valence-electron chi connectivity index (χ2n) is 5.54. The standard InChI is InChI=1S/C16H24O3/c1-11(2)9-13-5-7-14(8-6-13)16(18)12(3)10-15(17)19-4/h5-8,11-12,16,18H,9-10H2,1-4H3. The van der Waals surface area contributed by atoms with E-state index in [1.807, 2.05) is 31.2 Å². The number of rotatable bonds is 6. The SMILES string of the molecule is COC(=O)CC(C)C(O)c1ccc(CC(C)C)cc1. The number of hydrogen-bond donors (Lipinski definition) is 1. The lowest BCUT2D eigenvalue weighted by molar-refractivity contribution is -0.142. The van der Waals surface area contributed by atoms with E-state index in [-0.39, 0.29) is 18.3 Å². The van der Waals surface area contributed by atoms with E-state index in [0.29, 0.717) is 5.92 Å². The second-order valence-corrected chi connectivity index (χ2v) is 5.54. The minimum absolute atomic E-state index is 0.150. The smallest absolute Gasteiger partial charge is 0.305 e. The molecule has 0 amide bonds. The zero-order valence-corrected chi connectivity index (χ0v) is 12.2. The van der Waals surface area contributed by atoms with E-state index in [0.717, 1.165) is 12.0 Å². The van der Waals surface area contributed by atoms with Gasteiger partial charge < -0.3 is 9.84 Å². The molecule has 0 saturated carbocycles. The summed E-state index contributed by atoms with van der Waals surface area (Å²) in [7, 11) is 1.36. The maximum Gasteiger partial charge on any atom is 0.305 e. The van der Waals surface area contributed by atoms with E-state index in [1.165, 1.54) is 12.7 Å². The molecule has 2 atom stereocenters. The third-order valence-corrected chi connectivity index (χ3v) is 3.22.